The molecule has 0 aromatic heterocycles. The average molecular weight is 283 g/mol. The van der Waals surface area contributed by atoms with Gasteiger partial charge in [-0.3, -0.25) is 0 Å². The quantitative estimate of drug-likeness (QED) is 0.853. The third-order valence-corrected chi connectivity index (χ3v) is 4.81. The second-order valence-electron chi connectivity index (χ2n) is 5.25. The van der Waals surface area contributed by atoms with Gasteiger partial charge in [0.25, 0.3) is 0 Å². The number of sulfonamides is 1. The lowest BCUT2D eigenvalue weighted by atomic mass is 10.1. The first kappa shape index (κ1) is 14.3. The molecule has 0 N–H and O–H groups in total. The van der Waals surface area contributed by atoms with E-state index in [2.05, 4.69) is 12.1 Å². The summed E-state index contributed by atoms with van der Waals surface area (Å²) >= 11 is 0. The van der Waals surface area contributed by atoms with Gasteiger partial charge in [0.05, 0.1) is 6.26 Å². The molecular weight excluding hydrogens is 262 g/mol. The molecule has 0 spiro atoms. The van der Waals surface area contributed by atoms with Crippen LogP contribution >= 0.6 is 0 Å². The Kier molecular flexibility index (Phi) is 4.16. The minimum atomic E-state index is -3.06. The van der Waals surface area contributed by atoms with E-state index in [0.29, 0.717) is 13.1 Å². The lowest BCUT2D eigenvalue weighted by Gasteiger charge is -2.30. The van der Waals surface area contributed by atoms with Crippen LogP contribution in [-0.2, 0) is 10.0 Å². The molecule has 5 heteroatoms. The third kappa shape index (κ3) is 3.70. The van der Waals surface area contributed by atoms with Gasteiger partial charge in [-0.05, 0) is 43.9 Å². The largest absolute Gasteiger partial charge is 0.490 e. The van der Waals surface area contributed by atoms with Crippen LogP contribution in [0.5, 0.6) is 5.75 Å². The van der Waals surface area contributed by atoms with Gasteiger partial charge in [0.1, 0.15) is 11.9 Å². The fourth-order valence-corrected chi connectivity index (χ4v) is 3.17. The Balaban J connectivity index is 1.98. The van der Waals surface area contributed by atoms with E-state index >= 15 is 0 Å². The molecule has 4 nitrogen and oxygen atoms in total. The van der Waals surface area contributed by atoms with E-state index in [4.69, 9.17) is 4.74 Å². The number of aryl methyl sites for hydroxylation is 2. The monoisotopic (exact) mass is 283 g/mol. The Morgan fingerprint density at radius 2 is 1.84 bits per heavy atom. The zero-order valence-electron chi connectivity index (χ0n) is 11.7. The maximum Gasteiger partial charge on any atom is 0.211 e. The highest BCUT2D eigenvalue weighted by atomic mass is 32.2. The zero-order valence-corrected chi connectivity index (χ0v) is 12.5. The number of hydrogen-bond acceptors (Lipinski definition) is 3. The van der Waals surface area contributed by atoms with Gasteiger partial charge in [0, 0.05) is 13.1 Å². The van der Waals surface area contributed by atoms with Crippen molar-refractivity contribution in [3.63, 3.8) is 0 Å². The van der Waals surface area contributed by atoms with Gasteiger partial charge in [-0.15, -0.1) is 0 Å². The molecule has 1 heterocycles. The molecule has 1 saturated heterocycles. The van der Waals surface area contributed by atoms with Crippen LogP contribution < -0.4 is 4.74 Å². The van der Waals surface area contributed by atoms with E-state index in [1.807, 2.05) is 19.9 Å². The molecule has 1 aliphatic rings. The van der Waals surface area contributed by atoms with E-state index in [0.717, 1.165) is 24.2 Å². The van der Waals surface area contributed by atoms with Crippen molar-refractivity contribution in [2.24, 2.45) is 0 Å². The Morgan fingerprint density at radius 3 is 2.42 bits per heavy atom. The van der Waals surface area contributed by atoms with E-state index < -0.39 is 10.0 Å². The molecule has 106 valence electrons. The summed E-state index contributed by atoms with van der Waals surface area (Å²) in [6.07, 6.45) is 2.87. The van der Waals surface area contributed by atoms with E-state index in [-0.39, 0.29) is 6.10 Å². The molecule has 1 fully saturated rings. The molecule has 2 rings (SSSR count). The summed E-state index contributed by atoms with van der Waals surface area (Å²) in [7, 11) is -3.06. The second-order valence-corrected chi connectivity index (χ2v) is 7.23. The van der Waals surface area contributed by atoms with Gasteiger partial charge in [0.2, 0.25) is 10.0 Å². The van der Waals surface area contributed by atoms with Crippen molar-refractivity contribution >= 4 is 10.0 Å². The summed E-state index contributed by atoms with van der Waals surface area (Å²) in [6, 6.07) is 6.16. The number of nitrogens with zero attached hydrogens (tertiary/aromatic N) is 1. The smallest absolute Gasteiger partial charge is 0.211 e. The predicted molar refractivity (Wildman–Crippen MR) is 76.0 cm³/mol. The minimum absolute atomic E-state index is 0.110. The third-order valence-electron chi connectivity index (χ3n) is 3.51. The molecule has 0 bridgehead atoms. The van der Waals surface area contributed by atoms with Crippen LogP contribution in [0.1, 0.15) is 24.0 Å². The average Bonchev–Trinajstić information content (AvgIpc) is 2.33. The van der Waals surface area contributed by atoms with Crippen molar-refractivity contribution in [1.82, 2.24) is 4.31 Å². The number of rotatable bonds is 3. The van der Waals surface area contributed by atoms with E-state index in [1.54, 1.807) is 0 Å². The number of hydrogen-bond donors (Lipinski definition) is 0. The standard InChI is InChI=1S/C14H21NO3S/c1-11-4-5-12(2)14(10-11)18-13-6-8-15(9-7-13)19(3,16)17/h4-5,10,13H,6-9H2,1-3H3. The molecule has 0 atom stereocenters. The summed E-state index contributed by atoms with van der Waals surface area (Å²) in [5, 5.41) is 0. The predicted octanol–water partition coefficient (Wildman–Crippen LogP) is 2.11. The van der Waals surface area contributed by atoms with E-state index in [9.17, 15) is 8.42 Å². The van der Waals surface area contributed by atoms with Crippen LogP contribution in [0.25, 0.3) is 0 Å². The molecular formula is C14H21NO3S. The second kappa shape index (κ2) is 5.51. The summed E-state index contributed by atoms with van der Waals surface area (Å²) in [5.41, 5.74) is 2.30. The minimum Gasteiger partial charge on any atom is -0.490 e. The molecule has 19 heavy (non-hydrogen) atoms. The van der Waals surface area contributed by atoms with Crippen molar-refractivity contribution < 1.29 is 13.2 Å². The van der Waals surface area contributed by atoms with E-state index in [1.165, 1.54) is 16.1 Å². The first-order chi connectivity index (χ1) is 8.86. The van der Waals surface area contributed by atoms with Crippen LogP contribution in [0, 0.1) is 13.8 Å². The number of piperidine rings is 1. The molecule has 0 amide bonds. The summed E-state index contributed by atoms with van der Waals surface area (Å²) in [4.78, 5) is 0. The zero-order chi connectivity index (χ0) is 14.0. The van der Waals surface area contributed by atoms with Gasteiger partial charge in [-0.2, -0.15) is 0 Å². The topological polar surface area (TPSA) is 46.6 Å². The molecule has 0 aliphatic carbocycles. The van der Waals surface area contributed by atoms with Gasteiger partial charge < -0.3 is 4.74 Å². The molecule has 0 radical (unpaired) electrons. The normalized spacial score (nSPS) is 18.5. The molecule has 1 aliphatic heterocycles. The fraction of sp³-hybridized carbons (Fsp3) is 0.571. The lowest BCUT2D eigenvalue weighted by molar-refractivity contribution is 0.134. The lowest BCUT2D eigenvalue weighted by Crippen LogP contribution is -2.41. The highest BCUT2D eigenvalue weighted by Crippen LogP contribution is 2.24. The van der Waals surface area contributed by atoms with Gasteiger partial charge in [-0.25, -0.2) is 12.7 Å². The van der Waals surface area contributed by atoms with Crippen LogP contribution in [0.4, 0.5) is 0 Å². The van der Waals surface area contributed by atoms with Crippen molar-refractivity contribution in [2.75, 3.05) is 19.3 Å². The highest BCUT2D eigenvalue weighted by Gasteiger charge is 2.26. The van der Waals surface area contributed by atoms with Crippen molar-refractivity contribution in [3.8, 4) is 5.75 Å². The Bertz CT molecular complexity index is 546. The molecule has 1 aromatic carbocycles. The van der Waals surface area contributed by atoms with Crippen LogP contribution in [0.2, 0.25) is 0 Å². The van der Waals surface area contributed by atoms with Gasteiger partial charge in [-0.1, -0.05) is 12.1 Å². The maximum atomic E-state index is 11.4. The van der Waals surface area contributed by atoms with Gasteiger partial charge in [0.15, 0.2) is 0 Å². The number of benzene rings is 1. The maximum absolute atomic E-state index is 11.4. The summed E-state index contributed by atoms with van der Waals surface area (Å²) in [6.45, 7) is 5.17. The Morgan fingerprint density at radius 1 is 1.21 bits per heavy atom. The Labute approximate surface area is 115 Å². The Hall–Kier alpha value is -1.07. The molecule has 0 unspecified atom stereocenters. The van der Waals surface area contributed by atoms with Gasteiger partial charge >= 0.3 is 0 Å². The SMILES string of the molecule is Cc1ccc(C)c(OC2CCN(S(C)(=O)=O)CC2)c1. The van der Waals surface area contributed by atoms with Crippen LogP contribution in [0.3, 0.4) is 0 Å². The first-order valence-corrected chi connectivity index (χ1v) is 8.40. The summed E-state index contributed by atoms with van der Waals surface area (Å²) < 4.78 is 30.4. The van der Waals surface area contributed by atoms with Crippen molar-refractivity contribution in [3.05, 3.63) is 29.3 Å². The summed E-state index contributed by atoms with van der Waals surface area (Å²) in [5.74, 6) is 0.915. The fourth-order valence-electron chi connectivity index (χ4n) is 2.30. The van der Waals surface area contributed by atoms with Crippen molar-refractivity contribution in [2.45, 2.75) is 32.8 Å². The number of ether oxygens (including phenoxy) is 1. The first-order valence-electron chi connectivity index (χ1n) is 6.55. The molecule has 1 aromatic rings. The van der Waals surface area contributed by atoms with Crippen LogP contribution in [0.15, 0.2) is 18.2 Å². The highest BCUT2D eigenvalue weighted by molar-refractivity contribution is 7.88. The van der Waals surface area contributed by atoms with Crippen LogP contribution in [-0.4, -0.2) is 38.2 Å². The van der Waals surface area contributed by atoms with Crippen molar-refractivity contribution in [1.29, 1.82) is 0 Å². The molecule has 0 saturated carbocycles.